The predicted molar refractivity (Wildman–Crippen MR) is 60.9 cm³/mol. The fourth-order valence-corrected chi connectivity index (χ4v) is 3.01. The molecule has 76 valence electrons. The average molecular weight is 229 g/mol. The van der Waals surface area contributed by atoms with E-state index >= 15 is 0 Å². The van der Waals surface area contributed by atoms with Crippen LogP contribution in [0.25, 0.3) is 0 Å². The second-order valence-electron chi connectivity index (χ2n) is 3.40. The molecule has 0 amide bonds. The van der Waals surface area contributed by atoms with E-state index in [4.69, 9.17) is 11.6 Å². The van der Waals surface area contributed by atoms with Crippen LogP contribution in [0.3, 0.4) is 0 Å². The lowest BCUT2D eigenvalue weighted by atomic mass is 10.2. The first kappa shape index (κ1) is 10.2. The van der Waals surface area contributed by atoms with Crippen LogP contribution < -0.4 is 0 Å². The molecule has 1 atom stereocenters. The Morgan fingerprint density at radius 2 is 2.43 bits per heavy atom. The summed E-state index contributed by atoms with van der Waals surface area (Å²) in [4.78, 5) is 8.81. The van der Waals surface area contributed by atoms with Gasteiger partial charge in [0.05, 0.1) is 5.25 Å². The third-order valence-corrected chi connectivity index (χ3v) is 3.91. The molecule has 0 spiro atoms. The molecule has 14 heavy (non-hydrogen) atoms. The number of aryl methyl sites for hydroxylation is 1. The number of halogens is 1. The molecule has 4 heteroatoms. The van der Waals surface area contributed by atoms with Gasteiger partial charge in [-0.25, -0.2) is 9.97 Å². The summed E-state index contributed by atoms with van der Waals surface area (Å²) in [6.07, 6.45) is 3.38. The molecule has 1 fully saturated rings. The lowest BCUT2D eigenvalue weighted by Gasteiger charge is -2.08. The van der Waals surface area contributed by atoms with Gasteiger partial charge in [0.1, 0.15) is 11.0 Å². The van der Waals surface area contributed by atoms with Crippen molar-refractivity contribution in [3.63, 3.8) is 0 Å². The molecular formula is C10H13ClN2S. The summed E-state index contributed by atoms with van der Waals surface area (Å²) >= 11 is 7.89. The summed E-state index contributed by atoms with van der Waals surface area (Å²) in [5.41, 5.74) is 1.05. The lowest BCUT2D eigenvalue weighted by Crippen LogP contribution is -2.01. The number of hydrogen-bond acceptors (Lipinski definition) is 3. The van der Waals surface area contributed by atoms with E-state index in [2.05, 4.69) is 16.9 Å². The van der Waals surface area contributed by atoms with Crippen molar-refractivity contribution >= 4 is 23.4 Å². The highest BCUT2D eigenvalue weighted by atomic mass is 35.5. The van der Waals surface area contributed by atoms with Crippen LogP contribution in [0.2, 0.25) is 5.15 Å². The summed E-state index contributed by atoms with van der Waals surface area (Å²) < 4.78 is 0. The van der Waals surface area contributed by atoms with Crippen molar-refractivity contribution in [2.75, 3.05) is 5.75 Å². The Morgan fingerprint density at radius 1 is 1.57 bits per heavy atom. The van der Waals surface area contributed by atoms with E-state index in [9.17, 15) is 0 Å². The number of thioether (sulfide) groups is 1. The summed E-state index contributed by atoms with van der Waals surface area (Å²) in [6, 6.07) is 1.85. The van der Waals surface area contributed by atoms with Crippen molar-refractivity contribution in [1.29, 1.82) is 0 Å². The highest BCUT2D eigenvalue weighted by Gasteiger charge is 2.20. The van der Waals surface area contributed by atoms with Crippen LogP contribution in [-0.2, 0) is 6.42 Å². The van der Waals surface area contributed by atoms with Gasteiger partial charge in [-0.1, -0.05) is 18.5 Å². The Hall–Kier alpha value is -0.280. The third-order valence-electron chi connectivity index (χ3n) is 2.35. The summed E-state index contributed by atoms with van der Waals surface area (Å²) in [5.74, 6) is 2.15. The average Bonchev–Trinajstić information content (AvgIpc) is 2.69. The number of hydrogen-bond donors (Lipinski definition) is 0. The van der Waals surface area contributed by atoms with E-state index in [1.165, 1.54) is 18.6 Å². The van der Waals surface area contributed by atoms with Gasteiger partial charge >= 0.3 is 0 Å². The molecule has 2 heterocycles. The molecule has 1 aliphatic heterocycles. The molecular weight excluding hydrogens is 216 g/mol. The van der Waals surface area contributed by atoms with Gasteiger partial charge in [0.15, 0.2) is 0 Å². The standard InChI is InChI=1S/C10H13ClN2S/c1-2-7-6-9(11)13-10(12-7)8-4-3-5-14-8/h6,8H,2-5H2,1H3. The van der Waals surface area contributed by atoms with Crippen LogP contribution in [0.15, 0.2) is 6.07 Å². The second kappa shape index (κ2) is 4.49. The van der Waals surface area contributed by atoms with Gasteiger partial charge in [0.2, 0.25) is 0 Å². The molecule has 1 aliphatic rings. The van der Waals surface area contributed by atoms with Gasteiger partial charge in [-0.2, -0.15) is 11.8 Å². The zero-order chi connectivity index (χ0) is 9.97. The second-order valence-corrected chi connectivity index (χ2v) is 5.09. The first-order valence-corrected chi connectivity index (χ1v) is 6.37. The molecule has 1 aromatic heterocycles. The molecule has 2 nitrogen and oxygen atoms in total. The van der Waals surface area contributed by atoms with E-state index in [0.29, 0.717) is 10.4 Å². The minimum absolute atomic E-state index is 0.471. The normalized spacial score (nSPS) is 21.4. The van der Waals surface area contributed by atoms with Crippen molar-refractivity contribution in [2.24, 2.45) is 0 Å². The zero-order valence-corrected chi connectivity index (χ0v) is 9.74. The number of nitrogens with zero attached hydrogens (tertiary/aromatic N) is 2. The molecule has 1 saturated heterocycles. The maximum Gasteiger partial charge on any atom is 0.143 e. The maximum absolute atomic E-state index is 5.95. The summed E-state index contributed by atoms with van der Waals surface area (Å²) in [5, 5.41) is 1.05. The van der Waals surface area contributed by atoms with Crippen molar-refractivity contribution < 1.29 is 0 Å². The molecule has 0 bridgehead atoms. The highest BCUT2D eigenvalue weighted by molar-refractivity contribution is 7.99. The number of rotatable bonds is 2. The zero-order valence-electron chi connectivity index (χ0n) is 8.16. The molecule has 0 radical (unpaired) electrons. The van der Waals surface area contributed by atoms with Gasteiger partial charge in [0, 0.05) is 5.69 Å². The molecule has 0 saturated carbocycles. The molecule has 1 aromatic rings. The van der Waals surface area contributed by atoms with Gasteiger partial charge in [-0.3, -0.25) is 0 Å². The van der Waals surface area contributed by atoms with Crippen molar-refractivity contribution in [2.45, 2.75) is 31.4 Å². The predicted octanol–water partition coefficient (Wildman–Crippen LogP) is 3.26. The van der Waals surface area contributed by atoms with Crippen molar-refractivity contribution in [3.8, 4) is 0 Å². The monoisotopic (exact) mass is 228 g/mol. The lowest BCUT2D eigenvalue weighted by molar-refractivity contribution is 0.766. The molecule has 1 unspecified atom stereocenters. The Bertz CT molecular complexity index is 324. The first-order chi connectivity index (χ1) is 6.79. The van der Waals surface area contributed by atoms with E-state index in [-0.39, 0.29) is 0 Å². The van der Waals surface area contributed by atoms with Crippen molar-refractivity contribution in [1.82, 2.24) is 9.97 Å². The van der Waals surface area contributed by atoms with Crippen LogP contribution in [0.1, 0.15) is 36.5 Å². The molecule has 2 rings (SSSR count). The van der Waals surface area contributed by atoms with Crippen LogP contribution in [0, 0.1) is 0 Å². The summed E-state index contributed by atoms with van der Waals surface area (Å²) in [7, 11) is 0. The SMILES string of the molecule is CCc1cc(Cl)nc(C2CCCS2)n1. The van der Waals surface area contributed by atoms with Gasteiger partial charge < -0.3 is 0 Å². The minimum Gasteiger partial charge on any atom is -0.237 e. The largest absolute Gasteiger partial charge is 0.237 e. The van der Waals surface area contributed by atoms with E-state index in [1.54, 1.807) is 0 Å². The fourth-order valence-electron chi connectivity index (χ4n) is 1.59. The van der Waals surface area contributed by atoms with Crippen molar-refractivity contribution in [3.05, 3.63) is 22.7 Å². The quantitative estimate of drug-likeness (QED) is 0.727. The van der Waals surface area contributed by atoms with Crippen LogP contribution in [0.4, 0.5) is 0 Å². The van der Waals surface area contributed by atoms with Gasteiger partial charge in [0.25, 0.3) is 0 Å². The van der Waals surface area contributed by atoms with Gasteiger partial charge in [-0.15, -0.1) is 0 Å². The van der Waals surface area contributed by atoms with E-state index < -0.39 is 0 Å². The third kappa shape index (κ3) is 2.20. The Balaban J connectivity index is 2.27. The summed E-state index contributed by atoms with van der Waals surface area (Å²) in [6.45, 7) is 2.09. The molecule has 0 aromatic carbocycles. The van der Waals surface area contributed by atoms with Crippen LogP contribution in [0.5, 0.6) is 0 Å². The smallest absolute Gasteiger partial charge is 0.143 e. The van der Waals surface area contributed by atoms with Gasteiger partial charge in [-0.05, 0) is 31.1 Å². The molecule has 0 N–H and O–H groups in total. The number of aromatic nitrogens is 2. The Morgan fingerprint density at radius 3 is 3.07 bits per heavy atom. The van der Waals surface area contributed by atoms with E-state index in [0.717, 1.165) is 17.9 Å². The maximum atomic E-state index is 5.95. The first-order valence-electron chi connectivity index (χ1n) is 4.94. The van der Waals surface area contributed by atoms with Crippen LogP contribution >= 0.6 is 23.4 Å². The molecule has 0 aliphatic carbocycles. The highest BCUT2D eigenvalue weighted by Crippen LogP contribution is 2.38. The minimum atomic E-state index is 0.471. The van der Waals surface area contributed by atoms with E-state index in [1.807, 2.05) is 17.8 Å². The fraction of sp³-hybridized carbons (Fsp3) is 0.600. The van der Waals surface area contributed by atoms with Crippen LogP contribution in [-0.4, -0.2) is 15.7 Å². The Labute approximate surface area is 93.5 Å². The Kier molecular flexibility index (Phi) is 3.29. The topological polar surface area (TPSA) is 25.8 Å².